The number of fused-ring (bicyclic) bond motifs is 1. The molecule has 3 rings (SSSR count). The average molecular weight is 438 g/mol. The van der Waals surface area contributed by atoms with Crippen molar-refractivity contribution < 1.29 is 32.6 Å². The molecule has 1 aliphatic rings. The number of hydrogen-bond acceptors (Lipinski definition) is 6. The van der Waals surface area contributed by atoms with Crippen LogP contribution in [0.15, 0.2) is 48.5 Å². The number of anilines is 1. The van der Waals surface area contributed by atoms with Gasteiger partial charge in [-0.1, -0.05) is 18.2 Å². The van der Waals surface area contributed by atoms with E-state index >= 15 is 0 Å². The summed E-state index contributed by atoms with van der Waals surface area (Å²) >= 11 is 1.52. The third-order valence-corrected chi connectivity index (χ3v) is 4.69. The van der Waals surface area contributed by atoms with E-state index in [9.17, 15) is 18.4 Å². The fraction of sp³-hybridized carbons (Fsp3) is 0.300. The summed E-state index contributed by atoms with van der Waals surface area (Å²) in [5, 5.41) is 5.25. The first kappa shape index (κ1) is 21.7. The van der Waals surface area contributed by atoms with Crippen molar-refractivity contribution in [2.24, 2.45) is 0 Å². The van der Waals surface area contributed by atoms with Crippen LogP contribution in [0.2, 0.25) is 0 Å². The molecule has 30 heavy (non-hydrogen) atoms. The second kappa shape index (κ2) is 9.66. The maximum absolute atomic E-state index is 13.1. The Kier molecular flexibility index (Phi) is 6.99. The molecule has 0 fully saturated rings. The van der Waals surface area contributed by atoms with Crippen LogP contribution in [0.3, 0.4) is 0 Å². The molecular weight excluding hydrogens is 418 g/mol. The van der Waals surface area contributed by atoms with Crippen LogP contribution < -0.4 is 24.8 Å². The molecule has 1 aliphatic heterocycles. The summed E-state index contributed by atoms with van der Waals surface area (Å²) in [6.07, 6.45) is -1.47. The molecule has 2 aromatic rings. The molecule has 2 aromatic carbocycles. The maximum atomic E-state index is 13.1. The monoisotopic (exact) mass is 438 g/mol. The number of carbonyl (C=O) groups excluding carboxylic acids is 2. The Morgan fingerprint density at radius 3 is 2.60 bits per heavy atom. The van der Waals surface area contributed by atoms with E-state index in [1.165, 1.54) is 30.0 Å². The van der Waals surface area contributed by atoms with E-state index < -0.39 is 24.2 Å². The van der Waals surface area contributed by atoms with Crippen molar-refractivity contribution in [3.8, 4) is 17.2 Å². The van der Waals surface area contributed by atoms with Crippen LogP contribution in [0.25, 0.3) is 0 Å². The van der Waals surface area contributed by atoms with Gasteiger partial charge in [0.1, 0.15) is 11.8 Å². The number of rotatable bonds is 9. The van der Waals surface area contributed by atoms with Crippen LogP contribution in [-0.4, -0.2) is 42.8 Å². The van der Waals surface area contributed by atoms with Gasteiger partial charge in [-0.25, -0.2) is 0 Å². The van der Waals surface area contributed by atoms with Crippen molar-refractivity contribution in [2.45, 2.75) is 18.8 Å². The minimum atomic E-state index is -3.74. The standard InChI is InChI=1S/C20H20F2N2O5S/c1-30-10-9-15(24-18(25)12-27-14-5-3-2-4-6-14)19(26)23-13-7-8-16-17(11-13)29-20(21,22)28-16/h2-8,11,15H,9-10,12H2,1H3,(H,23,26)(H,24,25). The highest BCUT2D eigenvalue weighted by molar-refractivity contribution is 7.98. The Morgan fingerprint density at radius 1 is 1.13 bits per heavy atom. The van der Waals surface area contributed by atoms with E-state index in [1.54, 1.807) is 24.3 Å². The van der Waals surface area contributed by atoms with Gasteiger partial charge in [-0.2, -0.15) is 11.8 Å². The van der Waals surface area contributed by atoms with E-state index in [0.29, 0.717) is 17.9 Å². The van der Waals surface area contributed by atoms with Gasteiger partial charge in [0.25, 0.3) is 5.91 Å². The van der Waals surface area contributed by atoms with Crippen molar-refractivity contribution >= 4 is 29.3 Å². The zero-order valence-electron chi connectivity index (χ0n) is 16.0. The highest BCUT2D eigenvalue weighted by Crippen LogP contribution is 2.42. The molecule has 10 heteroatoms. The number of hydrogen-bond donors (Lipinski definition) is 2. The van der Waals surface area contributed by atoms with Crippen LogP contribution >= 0.6 is 11.8 Å². The van der Waals surface area contributed by atoms with Crippen LogP contribution in [0, 0.1) is 0 Å². The van der Waals surface area contributed by atoms with E-state index in [4.69, 9.17) is 4.74 Å². The summed E-state index contributed by atoms with van der Waals surface area (Å²) in [4.78, 5) is 24.9. The number of halogens is 2. The molecule has 1 atom stereocenters. The second-order valence-corrected chi connectivity index (χ2v) is 7.31. The van der Waals surface area contributed by atoms with Crippen molar-refractivity contribution in [2.75, 3.05) is 23.9 Å². The minimum Gasteiger partial charge on any atom is -0.484 e. The van der Waals surface area contributed by atoms with Crippen molar-refractivity contribution in [1.29, 1.82) is 0 Å². The zero-order chi connectivity index (χ0) is 21.6. The van der Waals surface area contributed by atoms with E-state index in [-0.39, 0.29) is 23.8 Å². The molecule has 0 radical (unpaired) electrons. The van der Waals surface area contributed by atoms with Crippen molar-refractivity contribution in [3.05, 3.63) is 48.5 Å². The molecule has 7 nitrogen and oxygen atoms in total. The Bertz CT molecular complexity index is 898. The molecule has 2 N–H and O–H groups in total. The number of benzene rings is 2. The summed E-state index contributed by atoms with van der Waals surface area (Å²) in [7, 11) is 0. The third kappa shape index (κ3) is 5.99. The average Bonchev–Trinajstić information content (AvgIpc) is 3.03. The van der Waals surface area contributed by atoms with Gasteiger partial charge < -0.3 is 24.8 Å². The smallest absolute Gasteiger partial charge is 0.484 e. The molecule has 0 aliphatic carbocycles. The van der Waals surface area contributed by atoms with Gasteiger partial charge in [0, 0.05) is 11.8 Å². The molecule has 1 unspecified atom stereocenters. The SMILES string of the molecule is CSCCC(NC(=O)COc1ccccc1)C(=O)Nc1ccc2c(c1)OC(F)(F)O2. The number of alkyl halides is 2. The Labute approximate surface area is 176 Å². The molecule has 0 spiro atoms. The summed E-state index contributed by atoms with van der Waals surface area (Å²) in [6, 6.07) is 11.9. The maximum Gasteiger partial charge on any atom is 0.586 e. The van der Waals surface area contributed by atoms with Gasteiger partial charge >= 0.3 is 6.29 Å². The lowest BCUT2D eigenvalue weighted by Gasteiger charge is -2.18. The third-order valence-electron chi connectivity index (χ3n) is 4.04. The summed E-state index contributed by atoms with van der Waals surface area (Å²) in [5.41, 5.74) is 0.240. The predicted octanol–water partition coefficient (Wildman–Crippen LogP) is 3.26. The van der Waals surface area contributed by atoms with Gasteiger partial charge in [0.15, 0.2) is 18.1 Å². The lowest BCUT2D eigenvalue weighted by molar-refractivity contribution is -0.286. The number of ether oxygens (including phenoxy) is 3. The number of nitrogens with one attached hydrogen (secondary N) is 2. The molecule has 160 valence electrons. The first-order valence-corrected chi connectivity index (χ1v) is 10.4. The second-order valence-electron chi connectivity index (χ2n) is 6.32. The van der Waals surface area contributed by atoms with Gasteiger partial charge in [0.2, 0.25) is 5.91 Å². The van der Waals surface area contributed by atoms with E-state index in [1.807, 2.05) is 12.3 Å². The topological polar surface area (TPSA) is 85.9 Å². The molecule has 2 amide bonds. The number of para-hydroxylation sites is 1. The van der Waals surface area contributed by atoms with Gasteiger partial charge in [0.05, 0.1) is 0 Å². The largest absolute Gasteiger partial charge is 0.586 e. The first-order chi connectivity index (χ1) is 14.4. The van der Waals surface area contributed by atoms with Crippen molar-refractivity contribution in [1.82, 2.24) is 5.32 Å². The van der Waals surface area contributed by atoms with Crippen LogP contribution in [0.5, 0.6) is 17.2 Å². The van der Waals surface area contributed by atoms with Crippen LogP contribution in [0.4, 0.5) is 14.5 Å². The van der Waals surface area contributed by atoms with Gasteiger partial charge in [-0.15, -0.1) is 8.78 Å². The van der Waals surface area contributed by atoms with Gasteiger partial charge in [-0.3, -0.25) is 9.59 Å². The fourth-order valence-corrected chi connectivity index (χ4v) is 3.13. The van der Waals surface area contributed by atoms with E-state index in [0.717, 1.165) is 0 Å². The lowest BCUT2D eigenvalue weighted by Crippen LogP contribution is -2.45. The molecular formula is C20H20F2N2O5S. The number of thioether (sulfide) groups is 1. The molecule has 0 aromatic heterocycles. The predicted molar refractivity (Wildman–Crippen MR) is 108 cm³/mol. The van der Waals surface area contributed by atoms with Gasteiger partial charge in [-0.05, 0) is 42.7 Å². The van der Waals surface area contributed by atoms with E-state index in [2.05, 4.69) is 20.1 Å². The highest BCUT2D eigenvalue weighted by Gasteiger charge is 2.43. The van der Waals surface area contributed by atoms with Crippen molar-refractivity contribution in [3.63, 3.8) is 0 Å². The normalized spacial score (nSPS) is 14.6. The summed E-state index contributed by atoms with van der Waals surface area (Å²) < 4.78 is 40.4. The zero-order valence-corrected chi connectivity index (χ0v) is 16.8. The minimum absolute atomic E-state index is 0.122. The van der Waals surface area contributed by atoms with Crippen LogP contribution in [-0.2, 0) is 9.59 Å². The summed E-state index contributed by atoms with van der Waals surface area (Å²) in [5.74, 6) is -0.0733. The quantitative estimate of drug-likeness (QED) is 0.625. The first-order valence-electron chi connectivity index (χ1n) is 9.03. The Hall–Kier alpha value is -3.01. The molecule has 0 bridgehead atoms. The Balaban J connectivity index is 1.59. The molecule has 0 saturated carbocycles. The number of amides is 2. The molecule has 0 saturated heterocycles. The Morgan fingerprint density at radius 2 is 1.87 bits per heavy atom. The van der Waals surface area contributed by atoms with Crippen LogP contribution in [0.1, 0.15) is 6.42 Å². The fourth-order valence-electron chi connectivity index (χ4n) is 2.66. The molecule has 1 heterocycles. The summed E-state index contributed by atoms with van der Waals surface area (Å²) in [6.45, 7) is -0.244. The number of carbonyl (C=O) groups is 2. The highest BCUT2D eigenvalue weighted by atomic mass is 32.2. The lowest BCUT2D eigenvalue weighted by atomic mass is 10.2.